The van der Waals surface area contributed by atoms with Crippen molar-refractivity contribution in [3.8, 4) is 0 Å². The van der Waals surface area contributed by atoms with Gasteiger partial charge in [0, 0.05) is 28.1 Å². The number of rotatable bonds is 7. The molecule has 2 aliphatic heterocycles. The molecule has 0 aromatic rings. The molecule has 3 aliphatic rings. The van der Waals surface area contributed by atoms with Crippen molar-refractivity contribution < 1.29 is 38.1 Å². The summed E-state index contributed by atoms with van der Waals surface area (Å²) in [6.45, 7) is 16.5. The fourth-order valence-corrected chi connectivity index (χ4v) is 4.80. The molecular weight excluding hydrogens is 428 g/mol. The fourth-order valence-electron chi connectivity index (χ4n) is 4.80. The van der Waals surface area contributed by atoms with Gasteiger partial charge in [0.2, 0.25) is 0 Å². The summed E-state index contributed by atoms with van der Waals surface area (Å²) < 4.78 is 23.0. The summed E-state index contributed by atoms with van der Waals surface area (Å²) in [4.78, 5) is 50.1. The Morgan fingerprint density at radius 1 is 1.12 bits per heavy atom. The molecule has 33 heavy (non-hydrogen) atoms. The molecule has 0 spiro atoms. The predicted octanol–water partition coefficient (Wildman–Crippen LogP) is 2.63. The van der Waals surface area contributed by atoms with E-state index >= 15 is 0 Å². The first kappa shape index (κ1) is 24.6. The Balaban J connectivity index is 2.18. The van der Waals surface area contributed by atoms with Crippen LogP contribution in [-0.4, -0.2) is 55.2 Å². The summed E-state index contributed by atoms with van der Waals surface area (Å²) in [6.07, 6.45) is 0.421. The molecule has 1 aliphatic carbocycles. The summed E-state index contributed by atoms with van der Waals surface area (Å²) >= 11 is 0. The molecular formula is C25H30O8. The van der Waals surface area contributed by atoms with Crippen molar-refractivity contribution >= 4 is 24.2 Å². The van der Waals surface area contributed by atoms with Crippen LogP contribution in [0.2, 0.25) is 0 Å². The van der Waals surface area contributed by atoms with E-state index in [1.54, 1.807) is 46.8 Å². The Labute approximate surface area is 193 Å². The number of esters is 3. The van der Waals surface area contributed by atoms with Gasteiger partial charge in [0.25, 0.3) is 0 Å². The van der Waals surface area contributed by atoms with Gasteiger partial charge in [0.1, 0.15) is 18.5 Å². The zero-order chi connectivity index (χ0) is 24.7. The number of hydrogen-bond donors (Lipinski definition) is 0. The Kier molecular flexibility index (Phi) is 6.79. The Morgan fingerprint density at radius 2 is 1.67 bits per heavy atom. The minimum Gasteiger partial charge on any atom is -0.458 e. The molecule has 0 aromatic carbocycles. The van der Waals surface area contributed by atoms with Gasteiger partial charge in [-0.1, -0.05) is 32.2 Å². The number of carbonyl (C=O) groups is 4. The van der Waals surface area contributed by atoms with Crippen LogP contribution in [0, 0.1) is 17.3 Å². The summed E-state index contributed by atoms with van der Waals surface area (Å²) in [5.74, 6) is -3.50. The van der Waals surface area contributed by atoms with Crippen LogP contribution in [0.15, 0.2) is 47.6 Å². The van der Waals surface area contributed by atoms with Gasteiger partial charge in [0.05, 0.1) is 18.6 Å². The third-order valence-corrected chi connectivity index (χ3v) is 7.09. The molecule has 3 rings (SSSR count). The van der Waals surface area contributed by atoms with Crippen molar-refractivity contribution in [1.29, 1.82) is 0 Å². The third-order valence-electron chi connectivity index (χ3n) is 7.09. The monoisotopic (exact) mass is 458 g/mol. The molecule has 3 fully saturated rings. The van der Waals surface area contributed by atoms with Gasteiger partial charge in [-0.3, -0.25) is 4.79 Å². The van der Waals surface area contributed by atoms with E-state index in [4.69, 9.17) is 18.9 Å². The molecule has 0 amide bonds. The van der Waals surface area contributed by atoms with E-state index in [9.17, 15) is 19.2 Å². The van der Waals surface area contributed by atoms with Gasteiger partial charge < -0.3 is 18.9 Å². The maximum atomic E-state index is 12.8. The lowest BCUT2D eigenvalue weighted by atomic mass is 9.56. The van der Waals surface area contributed by atoms with E-state index in [1.165, 1.54) is 0 Å². The van der Waals surface area contributed by atoms with Gasteiger partial charge >= 0.3 is 17.9 Å². The van der Waals surface area contributed by atoms with Crippen molar-refractivity contribution in [2.45, 2.75) is 59.0 Å². The number of epoxide rings is 1. The quantitative estimate of drug-likeness (QED) is 0.188. The van der Waals surface area contributed by atoms with Gasteiger partial charge in [-0.15, -0.1) is 0 Å². The Morgan fingerprint density at radius 3 is 2.15 bits per heavy atom. The smallest absolute Gasteiger partial charge is 0.334 e. The van der Waals surface area contributed by atoms with Crippen LogP contribution < -0.4 is 0 Å². The highest BCUT2D eigenvalue weighted by atomic mass is 16.6. The van der Waals surface area contributed by atoms with Gasteiger partial charge in [0.15, 0.2) is 6.10 Å². The van der Waals surface area contributed by atoms with E-state index in [2.05, 4.69) is 13.2 Å². The van der Waals surface area contributed by atoms with Crippen LogP contribution in [0.1, 0.15) is 34.6 Å². The molecule has 7 atom stereocenters. The minimum absolute atomic E-state index is 0.0854. The third kappa shape index (κ3) is 4.08. The van der Waals surface area contributed by atoms with Crippen LogP contribution in [-0.2, 0) is 38.1 Å². The SMILES string of the molecule is C=C1C(=O)OC2C1C(OC(=O)C(C)=CC)C(C(=C)C=O)C(C)(C1CO1)C2OC(=O)C(C)=CC. The molecule has 1 saturated carbocycles. The van der Waals surface area contributed by atoms with Gasteiger partial charge in [-0.2, -0.15) is 0 Å². The normalized spacial score (nSPS) is 35.9. The topological polar surface area (TPSA) is 108 Å². The first-order valence-electron chi connectivity index (χ1n) is 10.9. The maximum absolute atomic E-state index is 12.8. The first-order valence-corrected chi connectivity index (χ1v) is 10.9. The van der Waals surface area contributed by atoms with E-state index in [0.29, 0.717) is 24.0 Å². The van der Waals surface area contributed by atoms with Crippen LogP contribution in [0.3, 0.4) is 0 Å². The highest BCUT2D eigenvalue weighted by Gasteiger charge is 2.70. The van der Waals surface area contributed by atoms with Crippen LogP contribution in [0.4, 0.5) is 0 Å². The van der Waals surface area contributed by atoms with Crippen molar-refractivity contribution in [1.82, 2.24) is 0 Å². The summed E-state index contributed by atoms with van der Waals surface area (Å²) in [7, 11) is 0. The lowest BCUT2D eigenvalue weighted by molar-refractivity contribution is -0.208. The van der Waals surface area contributed by atoms with E-state index in [1.807, 2.05) is 0 Å². The molecule has 0 bridgehead atoms. The van der Waals surface area contributed by atoms with Crippen molar-refractivity contribution in [3.63, 3.8) is 0 Å². The number of hydrogen-bond acceptors (Lipinski definition) is 8. The molecule has 0 aromatic heterocycles. The van der Waals surface area contributed by atoms with Crippen LogP contribution >= 0.6 is 0 Å². The van der Waals surface area contributed by atoms with E-state index in [0.717, 1.165) is 0 Å². The van der Waals surface area contributed by atoms with Crippen molar-refractivity contribution in [2.24, 2.45) is 17.3 Å². The summed E-state index contributed by atoms with van der Waals surface area (Å²) in [5, 5.41) is 0. The van der Waals surface area contributed by atoms with E-state index < -0.39 is 59.6 Å². The highest BCUT2D eigenvalue weighted by molar-refractivity contribution is 5.92. The van der Waals surface area contributed by atoms with Crippen LogP contribution in [0.25, 0.3) is 0 Å². The zero-order valence-electron chi connectivity index (χ0n) is 19.6. The number of aldehydes is 1. The summed E-state index contributed by atoms with van der Waals surface area (Å²) in [6, 6.07) is 0. The zero-order valence-corrected chi connectivity index (χ0v) is 19.6. The number of ether oxygens (including phenoxy) is 4. The molecule has 2 saturated heterocycles. The number of fused-ring (bicyclic) bond motifs is 1. The van der Waals surface area contributed by atoms with Crippen LogP contribution in [0.5, 0.6) is 0 Å². The Hall–Kier alpha value is -3.00. The standard InChI is InChI=1S/C25H30O8/c1-8-12(3)22(27)31-19-17-15(6)24(29)32-20(17)21(33-23(28)13(4)9-2)25(7,16-11-30-16)18(19)14(5)10-26/h8-10,16-21H,5-6,11H2,1-4,7H3. The average Bonchev–Trinajstić information content (AvgIpc) is 3.61. The first-order chi connectivity index (χ1) is 15.5. The lowest BCUT2D eigenvalue weighted by Gasteiger charge is -2.52. The molecule has 0 N–H and O–H groups in total. The molecule has 178 valence electrons. The minimum atomic E-state index is -1.07. The largest absolute Gasteiger partial charge is 0.458 e. The number of allylic oxidation sites excluding steroid dienone is 2. The second-order valence-electron chi connectivity index (χ2n) is 8.92. The second-order valence-corrected chi connectivity index (χ2v) is 8.92. The molecule has 8 nitrogen and oxygen atoms in total. The molecule has 2 heterocycles. The predicted molar refractivity (Wildman–Crippen MR) is 118 cm³/mol. The van der Waals surface area contributed by atoms with Crippen molar-refractivity contribution in [3.05, 3.63) is 47.6 Å². The molecule has 7 unspecified atom stereocenters. The van der Waals surface area contributed by atoms with E-state index in [-0.39, 0.29) is 11.1 Å². The maximum Gasteiger partial charge on any atom is 0.334 e. The average molecular weight is 459 g/mol. The fraction of sp³-hybridized carbons (Fsp3) is 0.520. The van der Waals surface area contributed by atoms with Gasteiger partial charge in [-0.25, -0.2) is 14.4 Å². The molecule has 8 heteroatoms. The number of carbonyl (C=O) groups excluding carboxylic acids is 4. The van der Waals surface area contributed by atoms with Gasteiger partial charge in [-0.05, 0) is 33.3 Å². The summed E-state index contributed by atoms with van der Waals surface area (Å²) in [5.41, 5.74) is -0.112. The Bertz CT molecular complexity index is 969. The van der Waals surface area contributed by atoms with Crippen molar-refractivity contribution in [2.75, 3.05) is 6.61 Å². The lowest BCUT2D eigenvalue weighted by Crippen LogP contribution is -2.64. The second kappa shape index (κ2) is 9.09. The highest BCUT2D eigenvalue weighted by Crippen LogP contribution is 2.58. The molecule has 0 radical (unpaired) electrons.